The summed E-state index contributed by atoms with van der Waals surface area (Å²) >= 11 is 0. The van der Waals surface area contributed by atoms with E-state index in [1.54, 1.807) is 6.20 Å². The van der Waals surface area contributed by atoms with Gasteiger partial charge in [0.2, 0.25) is 0 Å². The van der Waals surface area contributed by atoms with Crippen molar-refractivity contribution >= 4 is 10.0 Å². The molecule has 1 aliphatic carbocycles. The van der Waals surface area contributed by atoms with Gasteiger partial charge in [-0.05, 0) is 38.6 Å². The van der Waals surface area contributed by atoms with Crippen molar-refractivity contribution in [3.8, 4) is 0 Å². The number of aromatic amines is 1. The summed E-state index contributed by atoms with van der Waals surface area (Å²) in [5.74, 6) is 0.467. The Kier molecular flexibility index (Phi) is 5.17. The van der Waals surface area contributed by atoms with Crippen LogP contribution in [0.1, 0.15) is 45.1 Å². The molecule has 0 radical (unpaired) electrons. The molecule has 1 unspecified atom stereocenters. The number of rotatable bonds is 8. The molecule has 6 nitrogen and oxygen atoms in total. The molecule has 0 saturated heterocycles. The average Bonchev–Trinajstić information content (AvgIpc) is 2.75. The SMILES string of the molecule is CCCNCc1cn[nH]c1S(=O)(=O)NC(C)C1CCC1. The second kappa shape index (κ2) is 6.69. The minimum Gasteiger partial charge on any atom is -0.313 e. The van der Waals surface area contributed by atoms with E-state index < -0.39 is 10.0 Å². The van der Waals surface area contributed by atoms with Crippen molar-refractivity contribution in [2.75, 3.05) is 6.54 Å². The van der Waals surface area contributed by atoms with E-state index in [0.717, 1.165) is 25.8 Å². The Morgan fingerprint density at radius 1 is 1.50 bits per heavy atom. The van der Waals surface area contributed by atoms with Crippen LogP contribution in [0.3, 0.4) is 0 Å². The number of hydrogen-bond acceptors (Lipinski definition) is 4. The normalized spacial score (nSPS) is 17.9. The summed E-state index contributed by atoms with van der Waals surface area (Å²) in [4.78, 5) is 0. The molecule has 3 N–H and O–H groups in total. The lowest BCUT2D eigenvalue weighted by Gasteiger charge is -2.31. The zero-order chi connectivity index (χ0) is 14.6. The third-order valence-corrected chi connectivity index (χ3v) is 5.46. The summed E-state index contributed by atoms with van der Waals surface area (Å²) in [7, 11) is -3.51. The van der Waals surface area contributed by atoms with E-state index in [1.165, 1.54) is 6.42 Å². The summed E-state index contributed by atoms with van der Waals surface area (Å²) in [6, 6.07) is -0.0199. The summed E-state index contributed by atoms with van der Waals surface area (Å²) < 4.78 is 27.5. The van der Waals surface area contributed by atoms with Crippen molar-refractivity contribution in [2.24, 2.45) is 5.92 Å². The van der Waals surface area contributed by atoms with Crippen LogP contribution in [0.25, 0.3) is 0 Å². The number of nitrogens with zero attached hydrogens (tertiary/aromatic N) is 1. The molecule has 0 spiro atoms. The molecule has 2 rings (SSSR count). The summed E-state index contributed by atoms with van der Waals surface area (Å²) in [5.41, 5.74) is 0.687. The molecule has 0 aromatic carbocycles. The topological polar surface area (TPSA) is 86.9 Å². The van der Waals surface area contributed by atoms with Crippen LogP contribution in [0.2, 0.25) is 0 Å². The summed E-state index contributed by atoms with van der Waals surface area (Å²) in [6.45, 7) is 5.38. The zero-order valence-electron chi connectivity index (χ0n) is 12.1. The van der Waals surface area contributed by atoms with Crippen molar-refractivity contribution in [2.45, 2.75) is 57.1 Å². The first-order chi connectivity index (χ1) is 9.54. The molecule has 1 aromatic heterocycles. The Balaban J connectivity index is 2.03. The zero-order valence-corrected chi connectivity index (χ0v) is 13.0. The molecule has 0 aliphatic heterocycles. The highest BCUT2D eigenvalue weighted by molar-refractivity contribution is 7.89. The van der Waals surface area contributed by atoms with Gasteiger partial charge in [0, 0.05) is 18.2 Å². The molecule has 1 aliphatic rings. The fourth-order valence-electron chi connectivity index (χ4n) is 2.40. The van der Waals surface area contributed by atoms with Gasteiger partial charge in [-0.1, -0.05) is 13.3 Å². The van der Waals surface area contributed by atoms with Gasteiger partial charge in [0.25, 0.3) is 10.0 Å². The van der Waals surface area contributed by atoms with E-state index in [4.69, 9.17) is 0 Å². The Bertz CT molecular complexity index is 522. The monoisotopic (exact) mass is 300 g/mol. The number of sulfonamides is 1. The highest BCUT2D eigenvalue weighted by atomic mass is 32.2. The Morgan fingerprint density at radius 3 is 2.85 bits per heavy atom. The van der Waals surface area contributed by atoms with Gasteiger partial charge >= 0.3 is 0 Å². The fraction of sp³-hybridized carbons (Fsp3) is 0.769. The fourth-order valence-corrected chi connectivity index (χ4v) is 3.84. The summed E-state index contributed by atoms with van der Waals surface area (Å²) in [6.07, 6.45) is 6.00. The van der Waals surface area contributed by atoms with Crippen LogP contribution in [0, 0.1) is 5.92 Å². The maximum Gasteiger partial charge on any atom is 0.258 e. The predicted molar refractivity (Wildman–Crippen MR) is 77.7 cm³/mol. The standard InChI is InChI=1S/C13H24N4O2S/c1-3-7-14-8-12-9-15-16-13(12)20(18,19)17-10(2)11-5-4-6-11/h9-11,14,17H,3-8H2,1-2H3,(H,15,16). The van der Waals surface area contributed by atoms with Crippen LogP contribution in [-0.4, -0.2) is 31.2 Å². The summed E-state index contributed by atoms with van der Waals surface area (Å²) in [5, 5.41) is 9.87. The maximum atomic E-state index is 12.4. The Morgan fingerprint density at radius 2 is 2.25 bits per heavy atom. The van der Waals surface area contributed by atoms with Crippen LogP contribution in [0.15, 0.2) is 11.2 Å². The molecular formula is C13H24N4O2S. The van der Waals surface area contributed by atoms with Crippen LogP contribution in [0.5, 0.6) is 0 Å². The molecule has 7 heteroatoms. The van der Waals surface area contributed by atoms with Gasteiger partial charge in [-0.25, -0.2) is 13.1 Å². The number of aromatic nitrogens is 2. The lowest BCUT2D eigenvalue weighted by Crippen LogP contribution is -2.41. The predicted octanol–water partition coefficient (Wildman–Crippen LogP) is 1.38. The van der Waals surface area contributed by atoms with Gasteiger partial charge < -0.3 is 5.32 Å². The van der Waals surface area contributed by atoms with Crippen LogP contribution >= 0.6 is 0 Å². The van der Waals surface area contributed by atoms with Crippen molar-refractivity contribution < 1.29 is 8.42 Å². The molecule has 1 saturated carbocycles. The van der Waals surface area contributed by atoms with Crippen LogP contribution < -0.4 is 10.0 Å². The molecular weight excluding hydrogens is 276 g/mol. The lowest BCUT2D eigenvalue weighted by atomic mass is 9.81. The van der Waals surface area contributed by atoms with Gasteiger partial charge in [-0.15, -0.1) is 0 Å². The molecule has 20 heavy (non-hydrogen) atoms. The van der Waals surface area contributed by atoms with Crippen molar-refractivity contribution in [1.29, 1.82) is 0 Å². The molecule has 0 amide bonds. The Labute approximate surface area is 120 Å². The highest BCUT2D eigenvalue weighted by Gasteiger charge is 2.29. The van der Waals surface area contributed by atoms with Gasteiger partial charge in [0.1, 0.15) is 0 Å². The van der Waals surface area contributed by atoms with Crippen LogP contribution in [-0.2, 0) is 16.6 Å². The molecule has 0 bridgehead atoms. The third kappa shape index (κ3) is 3.59. The lowest BCUT2D eigenvalue weighted by molar-refractivity contribution is 0.260. The van der Waals surface area contributed by atoms with Gasteiger partial charge in [0.15, 0.2) is 5.03 Å². The molecule has 114 valence electrons. The highest BCUT2D eigenvalue weighted by Crippen LogP contribution is 2.30. The minimum absolute atomic E-state index is 0.0199. The van der Waals surface area contributed by atoms with Gasteiger partial charge in [-0.3, -0.25) is 5.10 Å². The van der Waals surface area contributed by atoms with E-state index in [2.05, 4.69) is 27.2 Å². The smallest absolute Gasteiger partial charge is 0.258 e. The van der Waals surface area contributed by atoms with Crippen molar-refractivity contribution in [3.05, 3.63) is 11.8 Å². The second-order valence-electron chi connectivity index (χ2n) is 5.50. The number of hydrogen-bond donors (Lipinski definition) is 3. The molecule has 1 aromatic rings. The van der Waals surface area contributed by atoms with Gasteiger partial charge in [-0.2, -0.15) is 5.10 Å². The minimum atomic E-state index is -3.51. The van der Waals surface area contributed by atoms with Crippen LogP contribution in [0.4, 0.5) is 0 Å². The second-order valence-corrected chi connectivity index (χ2v) is 7.15. The first-order valence-electron chi connectivity index (χ1n) is 7.30. The number of nitrogens with one attached hydrogen (secondary N) is 3. The molecule has 1 heterocycles. The Hall–Kier alpha value is -0.920. The van der Waals surface area contributed by atoms with E-state index in [1.807, 2.05) is 6.92 Å². The number of H-pyrrole nitrogens is 1. The average molecular weight is 300 g/mol. The molecule has 1 atom stereocenters. The molecule has 1 fully saturated rings. The first-order valence-corrected chi connectivity index (χ1v) is 8.78. The van der Waals surface area contributed by atoms with E-state index in [0.29, 0.717) is 18.0 Å². The largest absolute Gasteiger partial charge is 0.313 e. The third-order valence-electron chi connectivity index (χ3n) is 3.89. The first kappa shape index (κ1) is 15.5. The van der Waals surface area contributed by atoms with Crippen molar-refractivity contribution in [1.82, 2.24) is 20.2 Å². The van der Waals surface area contributed by atoms with Crippen molar-refractivity contribution in [3.63, 3.8) is 0 Å². The van der Waals surface area contributed by atoms with E-state index in [9.17, 15) is 8.42 Å². The van der Waals surface area contributed by atoms with E-state index in [-0.39, 0.29) is 11.1 Å². The van der Waals surface area contributed by atoms with Gasteiger partial charge in [0.05, 0.1) is 6.20 Å². The maximum absolute atomic E-state index is 12.4. The van der Waals surface area contributed by atoms with E-state index >= 15 is 0 Å². The quantitative estimate of drug-likeness (QED) is 0.633.